The Labute approximate surface area is 100 Å². The van der Waals surface area contributed by atoms with Crippen LogP contribution in [0.5, 0.6) is 0 Å². The molecule has 17 heavy (non-hydrogen) atoms. The molecular formula is C16H13N. The van der Waals surface area contributed by atoms with Gasteiger partial charge in [-0.3, -0.25) is 0 Å². The Bertz CT molecular complexity index is 652. The summed E-state index contributed by atoms with van der Waals surface area (Å²) in [6, 6.07) is 13.5. The summed E-state index contributed by atoms with van der Waals surface area (Å²) in [7, 11) is 0. The van der Waals surface area contributed by atoms with Gasteiger partial charge in [0.25, 0.3) is 0 Å². The first kappa shape index (κ1) is 9.06. The minimum Gasteiger partial charge on any atom is -0.378 e. The number of hydrogen-bond donors (Lipinski definition) is 1. The molecular weight excluding hydrogens is 206 g/mol. The van der Waals surface area contributed by atoms with E-state index in [-0.39, 0.29) is 0 Å². The molecule has 1 nitrogen and oxygen atoms in total. The molecule has 82 valence electrons. The number of benzene rings is 2. The molecule has 0 radical (unpaired) electrons. The van der Waals surface area contributed by atoms with Gasteiger partial charge >= 0.3 is 0 Å². The van der Waals surface area contributed by atoms with E-state index in [1.807, 2.05) is 0 Å². The van der Waals surface area contributed by atoms with Gasteiger partial charge in [-0.15, -0.1) is 0 Å². The van der Waals surface area contributed by atoms with E-state index in [1.165, 1.54) is 22.0 Å². The van der Waals surface area contributed by atoms with Crippen LogP contribution in [0.25, 0.3) is 10.8 Å². The number of hydrogen-bond acceptors (Lipinski definition) is 1. The summed E-state index contributed by atoms with van der Waals surface area (Å²) in [4.78, 5) is 0. The number of nitrogens with one attached hydrogen (secondary N) is 1. The monoisotopic (exact) mass is 219 g/mol. The molecule has 1 heteroatoms. The highest BCUT2D eigenvalue weighted by Crippen LogP contribution is 2.42. The third-order valence-electron chi connectivity index (χ3n) is 3.76. The van der Waals surface area contributed by atoms with Crippen molar-refractivity contribution in [1.29, 1.82) is 0 Å². The van der Waals surface area contributed by atoms with E-state index in [0.29, 0.717) is 12.0 Å². The van der Waals surface area contributed by atoms with Crippen LogP contribution in [0.15, 0.2) is 60.7 Å². The smallest absolute Gasteiger partial charge is 0.0552 e. The largest absolute Gasteiger partial charge is 0.378 e. The lowest BCUT2D eigenvalue weighted by Gasteiger charge is -2.16. The van der Waals surface area contributed by atoms with Crippen LogP contribution in [0.3, 0.4) is 0 Å². The Balaban J connectivity index is 2.03. The van der Waals surface area contributed by atoms with Crippen molar-refractivity contribution in [1.82, 2.24) is 0 Å². The average Bonchev–Trinajstić information content (AvgIpc) is 2.77. The molecule has 0 bridgehead atoms. The zero-order valence-electron chi connectivity index (χ0n) is 9.43. The highest BCUT2D eigenvalue weighted by Gasteiger charge is 2.30. The minimum absolute atomic E-state index is 0.431. The third kappa shape index (κ3) is 1.19. The lowest BCUT2D eigenvalue weighted by Crippen LogP contribution is -2.17. The second kappa shape index (κ2) is 3.24. The predicted octanol–water partition coefficient (Wildman–Crippen LogP) is 3.84. The first-order valence-electron chi connectivity index (χ1n) is 6.07. The number of anilines is 1. The Morgan fingerprint density at radius 2 is 1.76 bits per heavy atom. The minimum atomic E-state index is 0.431. The van der Waals surface area contributed by atoms with E-state index in [4.69, 9.17) is 0 Å². The van der Waals surface area contributed by atoms with Gasteiger partial charge in [0.1, 0.15) is 0 Å². The maximum absolute atomic E-state index is 3.59. The van der Waals surface area contributed by atoms with E-state index in [0.717, 1.165) is 0 Å². The Kier molecular flexibility index (Phi) is 1.72. The van der Waals surface area contributed by atoms with Crippen LogP contribution in [0, 0.1) is 0 Å². The first-order valence-corrected chi connectivity index (χ1v) is 6.07. The fourth-order valence-electron chi connectivity index (χ4n) is 2.98. The van der Waals surface area contributed by atoms with Crippen molar-refractivity contribution in [2.45, 2.75) is 12.0 Å². The molecule has 0 spiro atoms. The molecule has 2 aromatic carbocycles. The fourth-order valence-corrected chi connectivity index (χ4v) is 2.98. The molecule has 0 saturated carbocycles. The number of fused-ring (bicyclic) bond motifs is 5. The fraction of sp³-hybridized carbons (Fsp3) is 0.125. The molecule has 1 aliphatic carbocycles. The van der Waals surface area contributed by atoms with Crippen LogP contribution in [0.1, 0.15) is 11.5 Å². The zero-order valence-corrected chi connectivity index (χ0v) is 9.43. The van der Waals surface area contributed by atoms with Gasteiger partial charge in [-0.2, -0.15) is 0 Å². The highest BCUT2D eigenvalue weighted by molar-refractivity contribution is 5.92. The average molecular weight is 219 g/mol. The van der Waals surface area contributed by atoms with Gasteiger partial charge in [0.15, 0.2) is 0 Å². The van der Waals surface area contributed by atoms with Crippen molar-refractivity contribution in [2.24, 2.45) is 0 Å². The van der Waals surface area contributed by atoms with Gasteiger partial charge in [0, 0.05) is 11.6 Å². The summed E-state index contributed by atoms with van der Waals surface area (Å²) in [6.45, 7) is 0. The quantitative estimate of drug-likeness (QED) is 0.709. The standard InChI is InChI=1S/C16H13N/c1-2-6-12-11(5-1)9-10-15-16(12)13-7-3-4-8-14(13)17-15/h1-10,13-14,17H. The SMILES string of the molecule is C1=CC2Nc3ccc4ccccc4c3C2C=C1. The van der Waals surface area contributed by atoms with Crippen molar-refractivity contribution in [3.63, 3.8) is 0 Å². The van der Waals surface area contributed by atoms with Gasteiger partial charge < -0.3 is 5.32 Å². The molecule has 2 aromatic rings. The zero-order chi connectivity index (χ0) is 11.2. The van der Waals surface area contributed by atoms with E-state index < -0.39 is 0 Å². The molecule has 0 fully saturated rings. The van der Waals surface area contributed by atoms with Crippen molar-refractivity contribution >= 4 is 16.5 Å². The van der Waals surface area contributed by atoms with E-state index in [1.54, 1.807) is 0 Å². The Morgan fingerprint density at radius 3 is 2.76 bits per heavy atom. The van der Waals surface area contributed by atoms with Gasteiger partial charge in [0.05, 0.1) is 6.04 Å². The summed E-state index contributed by atoms with van der Waals surface area (Å²) in [5.74, 6) is 0.487. The van der Waals surface area contributed by atoms with Crippen molar-refractivity contribution < 1.29 is 0 Å². The molecule has 2 unspecified atom stereocenters. The maximum Gasteiger partial charge on any atom is 0.0552 e. The topological polar surface area (TPSA) is 12.0 Å². The lowest BCUT2D eigenvalue weighted by atomic mass is 9.88. The molecule has 1 aliphatic heterocycles. The van der Waals surface area contributed by atoms with Gasteiger partial charge in [-0.1, -0.05) is 54.6 Å². The maximum atomic E-state index is 3.59. The summed E-state index contributed by atoms with van der Waals surface area (Å²) >= 11 is 0. The normalized spacial score (nSPS) is 24.5. The van der Waals surface area contributed by atoms with Crippen LogP contribution in [0.4, 0.5) is 5.69 Å². The Hall–Kier alpha value is -2.02. The summed E-state index contributed by atoms with van der Waals surface area (Å²) < 4.78 is 0. The first-order chi connectivity index (χ1) is 8.43. The van der Waals surface area contributed by atoms with Crippen LogP contribution in [0.2, 0.25) is 0 Å². The molecule has 0 saturated heterocycles. The lowest BCUT2D eigenvalue weighted by molar-refractivity contribution is 0.809. The molecule has 4 rings (SSSR count). The van der Waals surface area contributed by atoms with E-state index >= 15 is 0 Å². The van der Waals surface area contributed by atoms with Gasteiger partial charge in [-0.05, 0) is 22.4 Å². The molecule has 2 atom stereocenters. The van der Waals surface area contributed by atoms with Crippen molar-refractivity contribution in [2.75, 3.05) is 5.32 Å². The van der Waals surface area contributed by atoms with Crippen LogP contribution >= 0.6 is 0 Å². The molecule has 0 amide bonds. The summed E-state index contributed by atoms with van der Waals surface area (Å²) in [5, 5.41) is 6.30. The van der Waals surface area contributed by atoms with Crippen LogP contribution in [-0.2, 0) is 0 Å². The Morgan fingerprint density at radius 1 is 0.882 bits per heavy atom. The predicted molar refractivity (Wildman–Crippen MR) is 72.4 cm³/mol. The second-order valence-corrected chi connectivity index (χ2v) is 4.71. The molecule has 1 N–H and O–H groups in total. The summed E-state index contributed by atoms with van der Waals surface area (Å²) in [6.07, 6.45) is 8.83. The van der Waals surface area contributed by atoms with Crippen LogP contribution < -0.4 is 5.32 Å². The second-order valence-electron chi connectivity index (χ2n) is 4.71. The highest BCUT2D eigenvalue weighted by atomic mass is 15.0. The number of allylic oxidation sites excluding steroid dienone is 2. The van der Waals surface area contributed by atoms with Crippen molar-refractivity contribution in [3.05, 3.63) is 66.3 Å². The molecule has 2 aliphatic rings. The summed E-state index contributed by atoms with van der Waals surface area (Å²) in [5.41, 5.74) is 2.74. The molecule has 1 heterocycles. The van der Waals surface area contributed by atoms with Crippen LogP contribution in [-0.4, -0.2) is 6.04 Å². The van der Waals surface area contributed by atoms with Crippen molar-refractivity contribution in [3.8, 4) is 0 Å². The van der Waals surface area contributed by atoms with E-state index in [2.05, 4.69) is 66.0 Å². The third-order valence-corrected chi connectivity index (χ3v) is 3.76. The number of rotatable bonds is 0. The molecule has 0 aromatic heterocycles. The van der Waals surface area contributed by atoms with Gasteiger partial charge in [-0.25, -0.2) is 0 Å². The van der Waals surface area contributed by atoms with E-state index in [9.17, 15) is 0 Å². The van der Waals surface area contributed by atoms with Gasteiger partial charge in [0.2, 0.25) is 0 Å².